The molecule has 1 aromatic heterocycles. The molecular weight excluding hydrogens is 368 g/mol. The maximum Gasteiger partial charge on any atom is 0.221 e. The van der Waals surface area contributed by atoms with E-state index in [1.165, 1.54) is 0 Å². The van der Waals surface area contributed by atoms with E-state index in [1.807, 2.05) is 19.1 Å². The first-order valence-electron chi connectivity index (χ1n) is 9.82. The van der Waals surface area contributed by atoms with Crippen LogP contribution in [0, 0.1) is 6.92 Å². The zero-order valence-corrected chi connectivity index (χ0v) is 16.8. The number of rotatable bonds is 8. The molecular formula is C19H30N2O5S. The number of hydrogen-bond acceptors (Lipinski definition) is 6. The molecule has 7 nitrogen and oxygen atoms in total. The number of furan rings is 1. The average molecular weight is 399 g/mol. The van der Waals surface area contributed by atoms with E-state index in [0.717, 1.165) is 50.3 Å². The van der Waals surface area contributed by atoms with Crippen LogP contribution in [0.5, 0.6) is 0 Å². The molecule has 3 rings (SSSR count). The van der Waals surface area contributed by atoms with Crippen LogP contribution in [0.15, 0.2) is 16.5 Å². The van der Waals surface area contributed by atoms with Crippen molar-refractivity contribution in [2.45, 2.75) is 50.3 Å². The topological polar surface area (TPSA) is 88.9 Å². The van der Waals surface area contributed by atoms with Gasteiger partial charge in [0.1, 0.15) is 11.5 Å². The van der Waals surface area contributed by atoms with E-state index in [2.05, 4.69) is 10.2 Å². The number of carbonyl (C=O) groups excluding carboxylic acids is 1. The molecule has 1 aliphatic heterocycles. The van der Waals surface area contributed by atoms with Crippen molar-refractivity contribution >= 4 is 15.7 Å². The van der Waals surface area contributed by atoms with Crippen LogP contribution < -0.4 is 5.32 Å². The molecule has 1 amide bonds. The molecule has 8 heteroatoms. The number of carbonyl (C=O) groups is 1. The van der Waals surface area contributed by atoms with Gasteiger partial charge in [0, 0.05) is 26.1 Å². The molecule has 1 N–H and O–H groups in total. The van der Waals surface area contributed by atoms with Gasteiger partial charge in [0.15, 0.2) is 9.84 Å². The molecule has 1 aromatic rings. The first-order chi connectivity index (χ1) is 13.0. The highest BCUT2D eigenvalue weighted by molar-refractivity contribution is 7.92. The van der Waals surface area contributed by atoms with Gasteiger partial charge in [-0.05, 0) is 31.9 Å². The van der Waals surface area contributed by atoms with Crippen LogP contribution in [0.4, 0.5) is 0 Å². The molecule has 0 unspecified atom stereocenters. The maximum atomic E-state index is 12.3. The Kier molecular flexibility index (Phi) is 6.94. The summed E-state index contributed by atoms with van der Waals surface area (Å²) in [6.07, 6.45) is 3.44. The maximum absolute atomic E-state index is 12.3. The van der Waals surface area contributed by atoms with Crippen LogP contribution >= 0.6 is 0 Å². The quantitative estimate of drug-likeness (QED) is 0.719. The van der Waals surface area contributed by atoms with Crippen molar-refractivity contribution in [2.24, 2.45) is 0 Å². The predicted octanol–water partition coefficient (Wildman–Crippen LogP) is 1.83. The van der Waals surface area contributed by atoms with Crippen molar-refractivity contribution in [3.63, 3.8) is 0 Å². The Morgan fingerprint density at radius 1 is 1.26 bits per heavy atom. The normalized spacial score (nSPS) is 20.6. The third-order valence-electron chi connectivity index (χ3n) is 5.49. The first kappa shape index (κ1) is 20.4. The first-order valence-corrected chi connectivity index (χ1v) is 11.5. The number of aryl methyl sites for hydroxylation is 1. The summed E-state index contributed by atoms with van der Waals surface area (Å²) in [5.74, 6) is 1.36. The van der Waals surface area contributed by atoms with Crippen molar-refractivity contribution < 1.29 is 22.4 Å². The number of morpholine rings is 1. The number of nitrogens with one attached hydrogen (secondary N) is 1. The van der Waals surface area contributed by atoms with E-state index in [1.54, 1.807) is 0 Å². The minimum absolute atomic E-state index is 0.0197. The molecule has 0 bridgehead atoms. The van der Waals surface area contributed by atoms with Crippen molar-refractivity contribution in [2.75, 3.05) is 38.6 Å². The minimum atomic E-state index is -3.17. The fourth-order valence-corrected chi connectivity index (χ4v) is 5.73. The Hall–Kier alpha value is -1.38. The minimum Gasteiger partial charge on any atom is -0.465 e. The highest BCUT2D eigenvalue weighted by Crippen LogP contribution is 2.26. The second-order valence-electron chi connectivity index (χ2n) is 7.44. The molecule has 1 saturated carbocycles. The zero-order valence-electron chi connectivity index (χ0n) is 16.0. The number of hydrogen-bond donors (Lipinski definition) is 1. The monoisotopic (exact) mass is 398 g/mol. The van der Waals surface area contributed by atoms with E-state index < -0.39 is 9.84 Å². The molecule has 0 spiro atoms. The molecule has 152 valence electrons. The SMILES string of the molecule is Cc1ccc([C@@H](CNC(=O)CCS(=O)(=O)C2CCCC2)N2CCOCC2)o1. The molecule has 0 radical (unpaired) electrons. The summed E-state index contributed by atoms with van der Waals surface area (Å²) in [5, 5.41) is 2.65. The fourth-order valence-electron chi connectivity index (χ4n) is 3.88. The van der Waals surface area contributed by atoms with E-state index in [-0.39, 0.29) is 29.4 Å². The summed E-state index contributed by atoms with van der Waals surface area (Å²) in [7, 11) is -3.17. The average Bonchev–Trinajstić information content (AvgIpc) is 3.34. The highest BCUT2D eigenvalue weighted by Gasteiger charge is 2.29. The lowest BCUT2D eigenvalue weighted by atomic mass is 10.1. The van der Waals surface area contributed by atoms with Crippen LogP contribution in [0.25, 0.3) is 0 Å². The van der Waals surface area contributed by atoms with Gasteiger partial charge in [-0.3, -0.25) is 9.69 Å². The Labute approximate surface area is 161 Å². The zero-order chi connectivity index (χ0) is 19.3. The van der Waals surface area contributed by atoms with Crippen LogP contribution in [0.3, 0.4) is 0 Å². The van der Waals surface area contributed by atoms with Gasteiger partial charge in [-0.2, -0.15) is 0 Å². The molecule has 1 atom stereocenters. The molecule has 1 aliphatic carbocycles. The third-order valence-corrected chi connectivity index (χ3v) is 7.75. The van der Waals surface area contributed by atoms with Crippen LogP contribution in [-0.2, 0) is 19.4 Å². The van der Waals surface area contributed by atoms with Crippen LogP contribution in [0.1, 0.15) is 49.7 Å². The molecule has 1 saturated heterocycles. The summed E-state index contributed by atoms with van der Waals surface area (Å²) in [6, 6.07) is 3.78. The predicted molar refractivity (Wildman–Crippen MR) is 102 cm³/mol. The van der Waals surface area contributed by atoms with Gasteiger partial charge < -0.3 is 14.5 Å². The van der Waals surface area contributed by atoms with Crippen molar-refractivity contribution in [3.8, 4) is 0 Å². The van der Waals surface area contributed by atoms with Gasteiger partial charge in [0.05, 0.1) is 30.3 Å². The molecule has 2 fully saturated rings. The standard InChI is InChI=1S/C19H30N2O5S/c1-15-6-7-18(26-15)17(21-9-11-25-12-10-21)14-20-19(22)8-13-27(23,24)16-4-2-3-5-16/h6-7,16-17H,2-5,8-14H2,1H3,(H,20,22)/t17-/m1/s1. The summed E-state index contributed by atoms with van der Waals surface area (Å²) >= 11 is 0. The lowest BCUT2D eigenvalue weighted by Crippen LogP contribution is -2.44. The van der Waals surface area contributed by atoms with Crippen molar-refractivity contribution in [1.29, 1.82) is 0 Å². The van der Waals surface area contributed by atoms with Crippen LogP contribution in [0.2, 0.25) is 0 Å². The molecule has 2 heterocycles. The smallest absolute Gasteiger partial charge is 0.221 e. The largest absolute Gasteiger partial charge is 0.465 e. The lowest BCUT2D eigenvalue weighted by molar-refractivity contribution is -0.121. The molecule has 0 aromatic carbocycles. The van der Waals surface area contributed by atoms with Crippen molar-refractivity contribution in [1.82, 2.24) is 10.2 Å². The van der Waals surface area contributed by atoms with E-state index in [4.69, 9.17) is 9.15 Å². The Bertz CT molecular complexity index is 718. The van der Waals surface area contributed by atoms with E-state index in [0.29, 0.717) is 19.8 Å². The van der Waals surface area contributed by atoms with E-state index >= 15 is 0 Å². The van der Waals surface area contributed by atoms with Gasteiger partial charge in [-0.15, -0.1) is 0 Å². The van der Waals surface area contributed by atoms with Gasteiger partial charge >= 0.3 is 0 Å². The highest BCUT2D eigenvalue weighted by atomic mass is 32.2. The summed E-state index contributed by atoms with van der Waals surface area (Å²) in [6.45, 7) is 5.15. The number of amides is 1. The number of ether oxygens (including phenoxy) is 1. The van der Waals surface area contributed by atoms with Crippen LogP contribution in [-0.4, -0.2) is 63.1 Å². The lowest BCUT2D eigenvalue weighted by Gasteiger charge is -2.33. The summed E-state index contributed by atoms with van der Waals surface area (Å²) < 4.78 is 35.9. The fraction of sp³-hybridized carbons (Fsp3) is 0.737. The number of sulfone groups is 1. The summed E-state index contributed by atoms with van der Waals surface area (Å²) in [4.78, 5) is 14.5. The van der Waals surface area contributed by atoms with Gasteiger partial charge in [-0.1, -0.05) is 12.8 Å². The Morgan fingerprint density at radius 2 is 1.96 bits per heavy atom. The second-order valence-corrected chi connectivity index (χ2v) is 9.84. The Morgan fingerprint density at radius 3 is 2.59 bits per heavy atom. The van der Waals surface area contributed by atoms with Gasteiger partial charge in [0.2, 0.25) is 5.91 Å². The van der Waals surface area contributed by atoms with E-state index in [9.17, 15) is 13.2 Å². The molecule has 2 aliphatic rings. The third kappa shape index (κ3) is 5.56. The number of nitrogens with zero attached hydrogens (tertiary/aromatic N) is 1. The van der Waals surface area contributed by atoms with Gasteiger partial charge in [-0.25, -0.2) is 8.42 Å². The summed E-state index contributed by atoms with van der Waals surface area (Å²) in [5.41, 5.74) is 0. The Balaban J connectivity index is 1.53. The van der Waals surface area contributed by atoms with Crippen molar-refractivity contribution in [3.05, 3.63) is 23.7 Å². The second kappa shape index (κ2) is 9.21. The molecule has 27 heavy (non-hydrogen) atoms. The van der Waals surface area contributed by atoms with Gasteiger partial charge in [0.25, 0.3) is 0 Å².